The van der Waals surface area contributed by atoms with E-state index in [1.807, 2.05) is 13.8 Å². The second kappa shape index (κ2) is 9.60. The van der Waals surface area contributed by atoms with Crippen LogP contribution in [0.2, 0.25) is 5.02 Å². The fraction of sp³-hybridized carbons (Fsp3) is 0.526. The van der Waals surface area contributed by atoms with Crippen LogP contribution < -0.4 is 10.1 Å². The van der Waals surface area contributed by atoms with Gasteiger partial charge >= 0.3 is 11.9 Å². The van der Waals surface area contributed by atoms with E-state index in [1.165, 1.54) is 7.11 Å². The first-order valence-corrected chi connectivity index (χ1v) is 9.13. The van der Waals surface area contributed by atoms with E-state index in [0.717, 1.165) is 5.56 Å². The minimum atomic E-state index is -0.770. The molecular formula is C19H24ClNO6. The van der Waals surface area contributed by atoms with Crippen molar-refractivity contribution in [3.05, 3.63) is 28.8 Å². The molecule has 148 valence electrons. The van der Waals surface area contributed by atoms with Gasteiger partial charge in [0, 0.05) is 5.02 Å². The summed E-state index contributed by atoms with van der Waals surface area (Å²) < 4.78 is 15.3. The maximum absolute atomic E-state index is 12.2. The average Bonchev–Trinajstić information content (AvgIpc) is 2.63. The van der Waals surface area contributed by atoms with Crippen LogP contribution in [0.4, 0.5) is 0 Å². The van der Waals surface area contributed by atoms with Crippen LogP contribution in [-0.4, -0.2) is 44.2 Å². The molecule has 1 aromatic rings. The Morgan fingerprint density at radius 3 is 2.74 bits per heavy atom. The van der Waals surface area contributed by atoms with Crippen LogP contribution in [0, 0.1) is 11.8 Å². The van der Waals surface area contributed by atoms with E-state index in [1.54, 1.807) is 18.2 Å². The summed E-state index contributed by atoms with van der Waals surface area (Å²) in [5, 5.41) is 3.10. The number of rotatable bonds is 7. The fourth-order valence-electron chi connectivity index (χ4n) is 2.83. The molecule has 0 fully saturated rings. The molecular weight excluding hydrogens is 374 g/mol. The Kier molecular flexibility index (Phi) is 7.47. The Bertz CT molecular complexity index is 705. The van der Waals surface area contributed by atoms with Crippen LogP contribution in [0.1, 0.15) is 25.8 Å². The number of hydrogen-bond acceptors (Lipinski definition) is 6. The number of esters is 2. The van der Waals surface area contributed by atoms with Gasteiger partial charge in [-0.2, -0.15) is 0 Å². The monoisotopic (exact) mass is 397 g/mol. The van der Waals surface area contributed by atoms with E-state index in [-0.39, 0.29) is 12.5 Å². The van der Waals surface area contributed by atoms with Crippen molar-refractivity contribution in [1.29, 1.82) is 0 Å². The molecule has 0 saturated heterocycles. The van der Waals surface area contributed by atoms with Gasteiger partial charge in [-0.3, -0.25) is 9.59 Å². The first kappa shape index (κ1) is 21.0. The summed E-state index contributed by atoms with van der Waals surface area (Å²) >= 11 is 5.97. The lowest BCUT2D eigenvalue weighted by Gasteiger charge is -2.24. The third-order valence-electron chi connectivity index (χ3n) is 4.14. The molecule has 1 heterocycles. The quantitative estimate of drug-likeness (QED) is 0.709. The first-order chi connectivity index (χ1) is 12.8. The van der Waals surface area contributed by atoms with Crippen molar-refractivity contribution < 1.29 is 28.6 Å². The summed E-state index contributed by atoms with van der Waals surface area (Å²) in [6.45, 7) is 3.56. The minimum absolute atomic E-state index is 0.174. The van der Waals surface area contributed by atoms with Gasteiger partial charge in [0.15, 0.2) is 6.61 Å². The summed E-state index contributed by atoms with van der Waals surface area (Å²) in [7, 11) is 1.26. The summed E-state index contributed by atoms with van der Waals surface area (Å²) in [4.78, 5) is 36.0. The lowest BCUT2D eigenvalue weighted by molar-refractivity contribution is -0.154. The van der Waals surface area contributed by atoms with Crippen molar-refractivity contribution in [3.63, 3.8) is 0 Å². The van der Waals surface area contributed by atoms with E-state index in [9.17, 15) is 14.4 Å². The number of halogens is 1. The number of nitrogens with one attached hydrogen (secondary N) is 1. The largest absolute Gasteiger partial charge is 0.492 e. The number of fused-ring (bicyclic) bond motifs is 1. The first-order valence-electron chi connectivity index (χ1n) is 8.75. The van der Waals surface area contributed by atoms with Crippen molar-refractivity contribution in [3.8, 4) is 5.75 Å². The van der Waals surface area contributed by atoms with E-state index in [0.29, 0.717) is 23.6 Å². The highest BCUT2D eigenvalue weighted by Crippen LogP contribution is 2.30. The van der Waals surface area contributed by atoms with Crippen LogP contribution in [0.3, 0.4) is 0 Å². The van der Waals surface area contributed by atoms with Gasteiger partial charge in [-0.15, -0.1) is 0 Å². The average molecular weight is 398 g/mol. The fourth-order valence-corrected chi connectivity index (χ4v) is 3.03. The standard InChI is InChI=1S/C19H24ClNO6/c1-11(2)6-15(19(24)25-3)21-17(22)10-27-18(23)13-7-12-8-14(20)4-5-16(12)26-9-13/h4-5,8,11,13,15H,6-7,9-10H2,1-3H3,(H,21,22)/t13-,15-/m1/s1. The number of methoxy groups -OCH3 is 1. The number of carbonyl (C=O) groups excluding carboxylic acids is 3. The number of carbonyl (C=O) groups is 3. The molecule has 1 aliphatic heterocycles. The SMILES string of the molecule is COC(=O)[C@@H](CC(C)C)NC(=O)COC(=O)[C@H]1COc2ccc(Cl)cc2C1. The molecule has 1 aliphatic rings. The molecule has 7 nitrogen and oxygen atoms in total. The van der Waals surface area contributed by atoms with E-state index in [2.05, 4.69) is 10.1 Å². The lowest BCUT2D eigenvalue weighted by atomic mass is 9.97. The number of amides is 1. The highest BCUT2D eigenvalue weighted by molar-refractivity contribution is 6.30. The molecule has 2 atom stereocenters. The van der Waals surface area contributed by atoms with Crippen molar-refractivity contribution in [2.45, 2.75) is 32.7 Å². The van der Waals surface area contributed by atoms with Crippen LogP contribution in [-0.2, 0) is 30.3 Å². The predicted molar refractivity (Wildman–Crippen MR) is 98.5 cm³/mol. The third kappa shape index (κ3) is 6.13. The second-order valence-electron chi connectivity index (χ2n) is 6.84. The predicted octanol–water partition coefficient (Wildman–Crippen LogP) is 2.14. The van der Waals surface area contributed by atoms with E-state index >= 15 is 0 Å². The number of ether oxygens (including phenoxy) is 3. The molecule has 0 bridgehead atoms. The minimum Gasteiger partial charge on any atom is -0.492 e. The molecule has 0 saturated carbocycles. The van der Waals surface area contributed by atoms with E-state index in [4.69, 9.17) is 21.1 Å². The van der Waals surface area contributed by atoms with Crippen molar-refractivity contribution in [1.82, 2.24) is 5.32 Å². The molecule has 1 amide bonds. The van der Waals surface area contributed by atoms with Gasteiger partial charge < -0.3 is 19.5 Å². The number of benzene rings is 1. The zero-order valence-corrected chi connectivity index (χ0v) is 16.4. The molecule has 0 aliphatic carbocycles. The molecule has 0 radical (unpaired) electrons. The highest BCUT2D eigenvalue weighted by Gasteiger charge is 2.29. The third-order valence-corrected chi connectivity index (χ3v) is 4.37. The second-order valence-corrected chi connectivity index (χ2v) is 7.28. The van der Waals surface area contributed by atoms with Crippen LogP contribution in [0.5, 0.6) is 5.75 Å². The molecule has 1 N–H and O–H groups in total. The summed E-state index contributed by atoms with van der Waals surface area (Å²) in [5.41, 5.74) is 0.822. The van der Waals surface area contributed by atoms with Gasteiger partial charge in [0.2, 0.25) is 0 Å². The Morgan fingerprint density at radius 2 is 2.07 bits per heavy atom. The Labute approximate surface area is 163 Å². The molecule has 0 unspecified atom stereocenters. The maximum Gasteiger partial charge on any atom is 0.328 e. The van der Waals surface area contributed by atoms with Crippen LogP contribution >= 0.6 is 11.6 Å². The van der Waals surface area contributed by atoms with Gasteiger partial charge in [-0.1, -0.05) is 25.4 Å². The molecule has 0 aromatic heterocycles. The van der Waals surface area contributed by atoms with E-state index < -0.39 is 36.4 Å². The Balaban J connectivity index is 1.85. The zero-order chi connectivity index (χ0) is 20.0. The molecule has 8 heteroatoms. The van der Waals surface area contributed by atoms with Crippen LogP contribution in [0.15, 0.2) is 18.2 Å². The Morgan fingerprint density at radius 1 is 1.33 bits per heavy atom. The van der Waals surface area contributed by atoms with Gasteiger partial charge in [0.25, 0.3) is 5.91 Å². The van der Waals surface area contributed by atoms with Gasteiger partial charge in [0.05, 0.1) is 13.0 Å². The van der Waals surface area contributed by atoms with Crippen LogP contribution in [0.25, 0.3) is 0 Å². The normalized spacial score (nSPS) is 16.7. The highest BCUT2D eigenvalue weighted by atomic mass is 35.5. The summed E-state index contributed by atoms with van der Waals surface area (Å²) in [5.74, 6) is -1.26. The summed E-state index contributed by atoms with van der Waals surface area (Å²) in [6.07, 6.45) is 0.856. The lowest BCUT2D eigenvalue weighted by Crippen LogP contribution is -2.44. The molecule has 1 aromatic carbocycles. The topological polar surface area (TPSA) is 90.9 Å². The van der Waals surface area contributed by atoms with Crippen molar-refractivity contribution in [2.75, 3.05) is 20.3 Å². The zero-order valence-electron chi connectivity index (χ0n) is 15.6. The van der Waals surface area contributed by atoms with Gasteiger partial charge in [-0.05, 0) is 42.5 Å². The maximum atomic E-state index is 12.2. The molecule has 2 rings (SSSR count). The smallest absolute Gasteiger partial charge is 0.328 e. The van der Waals surface area contributed by atoms with Crippen molar-refractivity contribution in [2.24, 2.45) is 11.8 Å². The van der Waals surface area contributed by atoms with Gasteiger partial charge in [-0.25, -0.2) is 4.79 Å². The summed E-state index contributed by atoms with van der Waals surface area (Å²) in [6, 6.07) is 4.45. The number of hydrogen-bond donors (Lipinski definition) is 1. The molecule has 27 heavy (non-hydrogen) atoms. The Hall–Kier alpha value is -2.28. The van der Waals surface area contributed by atoms with Gasteiger partial charge in [0.1, 0.15) is 18.4 Å². The molecule has 0 spiro atoms. The van der Waals surface area contributed by atoms with Crippen molar-refractivity contribution >= 4 is 29.4 Å².